The van der Waals surface area contributed by atoms with E-state index in [9.17, 15) is 4.79 Å². The molecule has 1 saturated heterocycles. The molecule has 2 rings (SSSR count). The van der Waals surface area contributed by atoms with Crippen LogP contribution >= 0.6 is 0 Å². The van der Waals surface area contributed by atoms with E-state index in [0.29, 0.717) is 6.54 Å². The Bertz CT molecular complexity index is 506. The first-order chi connectivity index (χ1) is 10.0. The van der Waals surface area contributed by atoms with E-state index >= 15 is 0 Å². The lowest BCUT2D eigenvalue weighted by Gasteiger charge is -2.33. The number of hydrogen-bond donors (Lipinski definition) is 1. The number of piperazine rings is 1. The lowest BCUT2D eigenvalue weighted by atomic mass is 9.98. The summed E-state index contributed by atoms with van der Waals surface area (Å²) in [6.07, 6.45) is 0. The molecule has 1 aromatic rings. The maximum absolute atomic E-state index is 12.5. The number of carbonyl (C=O) groups is 1. The Balaban J connectivity index is 1.95. The van der Waals surface area contributed by atoms with Crippen molar-refractivity contribution in [1.82, 2.24) is 9.80 Å². The quantitative estimate of drug-likeness (QED) is 0.833. The Hall–Kier alpha value is -1.23. The number of nitrogens with zero attached hydrogens (tertiary/aromatic N) is 2. The summed E-state index contributed by atoms with van der Waals surface area (Å²) in [7, 11) is 0. The van der Waals surface area contributed by atoms with Crippen molar-refractivity contribution in [2.24, 2.45) is 0 Å². The molecule has 4 nitrogen and oxygen atoms in total. The van der Waals surface area contributed by atoms with Crippen molar-refractivity contribution >= 4 is 5.78 Å². The third kappa shape index (κ3) is 4.13. The van der Waals surface area contributed by atoms with Crippen LogP contribution in [0.25, 0.3) is 0 Å². The van der Waals surface area contributed by atoms with Crippen molar-refractivity contribution in [2.45, 2.75) is 20.8 Å². The van der Waals surface area contributed by atoms with Gasteiger partial charge in [0.05, 0.1) is 13.2 Å². The number of rotatable bonds is 5. The number of aryl methyl sites for hydroxylation is 3. The fourth-order valence-electron chi connectivity index (χ4n) is 2.86. The molecule has 0 saturated carbocycles. The molecule has 0 radical (unpaired) electrons. The summed E-state index contributed by atoms with van der Waals surface area (Å²) in [4.78, 5) is 17.0. The van der Waals surface area contributed by atoms with E-state index in [1.165, 1.54) is 11.1 Å². The lowest BCUT2D eigenvalue weighted by Crippen LogP contribution is -2.48. The Morgan fingerprint density at radius 3 is 2.19 bits per heavy atom. The molecule has 1 aliphatic rings. The Morgan fingerprint density at radius 2 is 1.57 bits per heavy atom. The summed E-state index contributed by atoms with van der Waals surface area (Å²) < 4.78 is 0. The molecular weight excluding hydrogens is 264 g/mol. The normalized spacial score (nSPS) is 17.1. The Kier molecular flexibility index (Phi) is 5.51. The first kappa shape index (κ1) is 16.1. The summed E-state index contributed by atoms with van der Waals surface area (Å²) in [5, 5.41) is 8.95. The Labute approximate surface area is 127 Å². The van der Waals surface area contributed by atoms with Gasteiger partial charge in [-0.05, 0) is 43.5 Å². The third-order valence-corrected chi connectivity index (χ3v) is 4.39. The van der Waals surface area contributed by atoms with Gasteiger partial charge in [-0.3, -0.25) is 14.6 Å². The van der Waals surface area contributed by atoms with Gasteiger partial charge in [-0.2, -0.15) is 0 Å². The SMILES string of the molecule is Cc1cc(C)c(C(=O)CN2CCN(CCO)CC2)cc1C. The van der Waals surface area contributed by atoms with Gasteiger partial charge in [0.15, 0.2) is 5.78 Å². The van der Waals surface area contributed by atoms with Crippen LogP contribution in [0.15, 0.2) is 12.1 Å². The maximum Gasteiger partial charge on any atom is 0.177 e. The van der Waals surface area contributed by atoms with Crippen LogP contribution in [0, 0.1) is 20.8 Å². The van der Waals surface area contributed by atoms with E-state index in [2.05, 4.69) is 29.7 Å². The molecule has 0 atom stereocenters. The minimum Gasteiger partial charge on any atom is -0.395 e. The second-order valence-corrected chi connectivity index (χ2v) is 6.02. The van der Waals surface area contributed by atoms with Crippen molar-refractivity contribution in [3.05, 3.63) is 34.4 Å². The molecule has 4 heteroatoms. The molecular formula is C17H26N2O2. The van der Waals surface area contributed by atoms with E-state index in [-0.39, 0.29) is 12.4 Å². The Morgan fingerprint density at radius 1 is 1.00 bits per heavy atom. The highest BCUT2D eigenvalue weighted by molar-refractivity contribution is 5.99. The van der Waals surface area contributed by atoms with E-state index in [1.54, 1.807) is 0 Å². The second-order valence-electron chi connectivity index (χ2n) is 6.02. The number of hydrogen-bond acceptors (Lipinski definition) is 4. The zero-order valence-electron chi connectivity index (χ0n) is 13.4. The highest BCUT2D eigenvalue weighted by Gasteiger charge is 2.20. The van der Waals surface area contributed by atoms with Gasteiger partial charge in [-0.25, -0.2) is 0 Å². The molecule has 1 N–H and O–H groups in total. The van der Waals surface area contributed by atoms with Gasteiger partial charge in [0, 0.05) is 38.3 Å². The fraction of sp³-hybridized carbons (Fsp3) is 0.588. The van der Waals surface area contributed by atoms with Crippen LogP contribution in [0.4, 0.5) is 0 Å². The van der Waals surface area contributed by atoms with Crippen molar-refractivity contribution < 1.29 is 9.90 Å². The molecule has 1 aliphatic heterocycles. The van der Waals surface area contributed by atoms with E-state index < -0.39 is 0 Å². The van der Waals surface area contributed by atoms with Crippen molar-refractivity contribution in [3.63, 3.8) is 0 Å². The van der Waals surface area contributed by atoms with Gasteiger partial charge in [0.2, 0.25) is 0 Å². The molecule has 1 aromatic carbocycles. The van der Waals surface area contributed by atoms with Gasteiger partial charge < -0.3 is 5.11 Å². The second kappa shape index (κ2) is 7.16. The van der Waals surface area contributed by atoms with Gasteiger partial charge in [-0.1, -0.05) is 6.07 Å². The summed E-state index contributed by atoms with van der Waals surface area (Å²) in [6, 6.07) is 4.12. The van der Waals surface area contributed by atoms with Crippen LogP contribution in [0.2, 0.25) is 0 Å². The number of Topliss-reactive ketones (excluding diaryl/α,β-unsaturated/α-hetero) is 1. The molecule has 0 unspecified atom stereocenters. The van der Waals surface area contributed by atoms with Crippen LogP contribution in [0.5, 0.6) is 0 Å². The molecule has 21 heavy (non-hydrogen) atoms. The fourth-order valence-corrected chi connectivity index (χ4v) is 2.86. The highest BCUT2D eigenvalue weighted by atomic mass is 16.3. The lowest BCUT2D eigenvalue weighted by molar-refractivity contribution is 0.0822. The maximum atomic E-state index is 12.5. The van der Waals surface area contributed by atoms with Crippen molar-refractivity contribution in [3.8, 4) is 0 Å². The average Bonchev–Trinajstić information content (AvgIpc) is 2.45. The number of ketones is 1. The summed E-state index contributed by atoms with van der Waals surface area (Å²) in [5.74, 6) is 0.214. The zero-order chi connectivity index (χ0) is 15.4. The molecule has 0 aromatic heterocycles. The summed E-state index contributed by atoms with van der Waals surface area (Å²) >= 11 is 0. The predicted molar refractivity (Wildman–Crippen MR) is 84.9 cm³/mol. The number of β-amino-alcohol motifs (C(OH)–C–C–N with tert-alkyl or cyclic N) is 1. The van der Waals surface area contributed by atoms with Crippen LogP contribution < -0.4 is 0 Å². The van der Waals surface area contributed by atoms with Gasteiger partial charge in [0.25, 0.3) is 0 Å². The van der Waals surface area contributed by atoms with Crippen LogP contribution in [0.1, 0.15) is 27.0 Å². The van der Waals surface area contributed by atoms with Crippen LogP contribution in [0.3, 0.4) is 0 Å². The standard InChI is InChI=1S/C17H26N2O2/c1-13-10-15(3)16(11-14(13)2)17(21)12-19-6-4-18(5-7-19)8-9-20/h10-11,20H,4-9,12H2,1-3H3. The first-order valence-electron chi connectivity index (χ1n) is 7.68. The van der Waals surface area contributed by atoms with E-state index in [0.717, 1.165) is 43.9 Å². The monoisotopic (exact) mass is 290 g/mol. The van der Waals surface area contributed by atoms with Crippen LogP contribution in [-0.4, -0.2) is 66.6 Å². The number of benzene rings is 1. The molecule has 1 fully saturated rings. The van der Waals surface area contributed by atoms with Gasteiger partial charge in [-0.15, -0.1) is 0 Å². The zero-order valence-corrected chi connectivity index (χ0v) is 13.4. The molecule has 0 aliphatic carbocycles. The van der Waals surface area contributed by atoms with Crippen molar-refractivity contribution in [1.29, 1.82) is 0 Å². The van der Waals surface area contributed by atoms with Gasteiger partial charge >= 0.3 is 0 Å². The highest BCUT2D eigenvalue weighted by Crippen LogP contribution is 2.16. The first-order valence-corrected chi connectivity index (χ1v) is 7.68. The third-order valence-electron chi connectivity index (χ3n) is 4.39. The van der Waals surface area contributed by atoms with Crippen molar-refractivity contribution in [2.75, 3.05) is 45.9 Å². The smallest absolute Gasteiger partial charge is 0.177 e. The largest absolute Gasteiger partial charge is 0.395 e. The summed E-state index contributed by atoms with van der Waals surface area (Å²) in [5.41, 5.74) is 4.34. The molecule has 1 heterocycles. The average molecular weight is 290 g/mol. The van der Waals surface area contributed by atoms with Gasteiger partial charge in [0.1, 0.15) is 0 Å². The molecule has 0 spiro atoms. The van der Waals surface area contributed by atoms with Crippen LogP contribution in [-0.2, 0) is 0 Å². The number of aliphatic hydroxyl groups is 1. The topological polar surface area (TPSA) is 43.8 Å². The molecule has 116 valence electrons. The number of aliphatic hydroxyl groups excluding tert-OH is 1. The minimum atomic E-state index is 0.209. The summed E-state index contributed by atoms with van der Waals surface area (Å²) in [6.45, 7) is 11.2. The van der Waals surface area contributed by atoms with E-state index in [4.69, 9.17) is 5.11 Å². The predicted octanol–water partition coefficient (Wildman–Crippen LogP) is 1.40. The van der Waals surface area contributed by atoms with E-state index in [1.807, 2.05) is 13.0 Å². The molecule has 0 amide bonds. The number of carbonyl (C=O) groups excluding carboxylic acids is 1. The molecule has 0 bridgehead atoms. The minimum absolute atomic E-state index is 0.209.